The van der Waals surface area contributed by atoms with Crippen LogP contribution in [0.3, 0.4) is 0 Å². The van der Waals surface area contributed by atoms with Gasteiger partial charge in [-0.3, -0.25) is 15.0 Å². The predicted octanol–water partition coefficient (Wildman–Crippen LogP) is 4.25. The van der Waals surface area contributed by atoms with Crippen molar-refractivity contribution >= 4 is 28.7 Å². The van der Waals surface area contributed by atoms with Gasteiger partial charge >= 0.3 is 6.03 Å². The third kappa shape index (κ3) is 5.27. The number of benzene rings is 1. The number of thiophene rings is 1. The molecule has 2 amide bonds. The minimum absolute atomic E-state index is 0.0494. The van der Waals surface area contributed by atoms with Crippen molar-refractivity contribution in [1.29, 1.82) is 0 Å². The molecular weight excluding hydrogens is 364 g/mol. The van der Waals surface area contributed by atoms with E-state index in [-0.39, 0.29) is 17.8 Å². The zero-order valence-electron chi connectivity index (χ0n) is 15.3. The van der Waals surface area contributed by atoms with Gasteiger partial charge in [0.25, 0.3) is 5.69 Å². The number of likely N-dealkylation sites (tertiary alicyclic amines) is 1. The van der Waals surface area contributed by atoms with E-state index in [0.29, 0.717) is 12.2 Å². The average Bonchev–Trinajstić information content (AvgIpc) is 3.18. The molecule has 2 N–H and O–H groups in total. The number of non-ortho nitro benzene ring substituents is 1. The number of rotatable bonds is 6. The lowest BCUT2D eigenvalue weighted by Gasteiger charge is -2.36. The zero-order valence-corrected chi connectivity index (χ0v) is 16.1. The summed E-state index contributed by atoms with van der Waals surface area (Å²) in [5.41, 5.74) is 0.355. The fourth-order valence-corrected chi connectivity index (χ4v) is 4.15. The molecule has 1 aliphatic heterocycles. The number of anilines is 1. The van der Waals surface area contributed by atoms with Crippen molar-refractivity contribution in [3.05, 3.63) is 56.8 Å². The van der Waals surface area contributed by atoms with Gasteiger partial charge in [0.2, 0.25) is 0 Å². The summed E-state index contributed by atoms with van der Waals surface area (Å²) in [6.45, 7) is 4.83. The van der Waals surface area contributed by atoms with Gasteiger partial charge in [-0.05, 0) is 49.4 Å². The molecule has 1 aromatic heterocycles. The highest BCUT2D eigenvalue weighted by molar-refractivity contribution is 7.10. The van der Waals surface area contributed by atoms with Crippen LogP contribution in [0.1, 0.15) is 30.7 Å². The monoisotopic (exact) mass is 388 g/mol. The molecule has 7 nitrogen and oxygen atoms in total. The van der Waals surface area contributed by atoms with Crippen molar-refractivity contribution in [2.75, 3.05) is 25.0 Å². The highest BCUT2D eigenvalue weighted by atomic mass is 32.1. The van der Waals surface area contributed by atoms with Crippen LogP contribution in [-0.4, -0.2) is 35.5 Å². The minimum Gasteiger partial charge on any atom is -0.336 e. The molecule has 1 aliphatic rings. The number of nitro benzene ring substituents is 1. The van der Waals surface area contributed by atoms with Crippen LogP contribution in [0.4, 0.5) is 16.2 Å². The normalized spacial score (nSPS) is 16.6. The maximum absolute atomic E-state index is 12.3. The van der Waals surface area contributed by atoms with Gasteiger partial charge in [0.05, 0.1) is 11.0 Å². The molecule has 144 valence electrons. The zero-order chi connectivity index (χ0) is 19.2. The molecule has 1 saturated heterocycles. The standard InChI is InChI=1S/C19H24N4O3S/c1-14-7-9-22(10-8-14)17(18-6-3-11-27-18)13-20-19(24)21-15-4-2-5-16(12-15)23(25)26/h2-6,11-12,14,17H,7-10,13H2,1H3,(H2,20,21,24). The predicted molar refractivity (Wildman–Crippen MR) is 107 cm³/mol. The van der Waals surface area contributed by atoms with Crippen molar-refractivity contribution in [3.8, 4) is 0 Å². The second-order valence-corrected chi connectivity index (χ2v) is 7.87. The molecule has 0 aliphatic carbocycles. The fraction of sp³-hybridized carbons (Fsp3) is 0.421. The third-order valence-electron chi connectivity index (χ3n) is 4.90. The highest BCUT2D eigenvalue weighted by Gasteiger charge is 2.25. The first-order chi connectivity index (χ1) is 13.0. The molecule has 1 aromatic carbocycles. The van der Waals surface area contributed by atoms with Gasteiger partial charge in [0.1, 0.15) is 0 Å². The number of hydrogen-bond donors (Lipinski definition) is 2. The summed E-state index contributed by atoms with van der Waals surface area (Å²) in [4.78, 5) is 26.3. The maximum atomic E-state index is 12.3. The van der Waals surface area contributed by atoms with Gasteiger partial charge in [-0.1, -0.05) is 19.1 Å². The van der Waals surface area contributed by atoms with E-state index in [4.69, 9.17) is 0 Å². The molecule has 27 heavy (non-hydrogen) atoms. The molecule has 2 aromatic rings. The first-order valence-corrected chi connectivity index (χ1v) is 9.97. The van der Waals surface area contributed by atoms with Crippen LogP contribution in [0.5, 0.6) is 0 Å². The molecule has 1 unspecified atom stereocenters. The number of carbonyl (C=O) groups is 1. The summed E-state index contributed by atoms with van der Waals surface area (Å²) in [6.07, 6.45) is 2.34. The first-order valence-electron chi connectivity index (χ1n) is 9.09. The van der Waals surface area contributed by atoms with Gasteiger partial charge in [0.15, 0.2) is 0 Å². The lowest BCUT2D eigenvalue weighted by molar-refractivity contribution is -0.384. The maximum Gasteiger partial charge on any atom is 0.319 e. The fourth-order valence-electron chi connectivity index (χ4n) is 3.29. The molecule has 0 bridgehead atoms. The Morgan fingerprint density at radius 2 is 2.11 bits per heavy atom. The summed E-state index contributed by atoms with van der Waals surface area (Å²) >= 11 is 1.70. The number of nitrogens with one attached hydrogen (secondary N) is 2. The van der Waals surface area contributed by atoms with Crippen molar-refractivity contribution in [2.24, 2.45) is 5.92 Å². The minimum atomic E-state index is -0.479. The van der Waals surface area contributed by atoms with Crippen molar-refractivity contribution in [1.82, 2.24) is 10.2 Å². The first kappa shape index (κ1) is 19.3. The number of nitrogens with zero attached hydrogens (tertiary/aromatic N) is 2. The van der Waals surface area contributed by atoms with Crippen LogP contribution in [0.25, 0.3) is 0 Å². The SMILES string of the molecule is CC1CCN(C(CNC(=O)Nc2cccc([N+](=O)[O-])c2)c2cccs2)CC1. The average molecular weight is 388 g/mol. The molecule has 8 heteroatoms. The Bertz CT molecular complexity index is 773. The Morgan fingerprint density at radius 1 is 1.33 bits per heavy atom. The van der Waals surface area contributed by atoms with E-state index in [0.717, 1.165) is 19.0 Å². The number of amides is 2. The van der Waals surface area contributed by atoms with Crippen LogP contribution in [0.15, 0.2) is 41.8 Å². The Kier molecular flexibility index (Phi) is 6.41. The van der Waals surface area contributed by atoms with E-state index in [2.05, 4.69) is 33.9 Å². The lowest BCUT2D eigenvalue weighted by Crippen LogP contribution is -2.42. The largest absolute Gasteiger partial charge is 0.336 e. The van der Waals surface area contributed by atoms with Crippen molar-refractivity contribution < 1.29 is 9.72 Å². The van der Waals surface area contributed by atoms with Crippen LogP contribution >= 0.6 is 11.3 Å². The number of hydrogen-bond acceptors (Lipinski definition) is 5. The molecule has 1 fully saturated rings. The highest BCUT2D eigenvalue weighted by Crippen LogP contribution is 2.29. The van der Waals surface area contributed by atoms with Gasteiger partial charge < -0.3 is 10.6 Å². The topological polar surface area (TPSA) is 87.5 Å². The molecule has 3 rings (SSSR count). The second kappa shape index (κ2) is 8.96. The molecular formula is C19H24N4O3S. The third-order valence-corrected chi connectivity index (χ3v) is 5.87. The Morgan fingerprint density at radius 3 is 2.78 bits per heavy atom. The summed E-state index contributed by atoms with van der Waals surface area (Å²) < 4.78 is 0. The summed E-state index contributed by atoms with van der Waals surface area (Å²) in [5, 5.41) is 18.5. The summed E-state index contributed by atoms with van der Waals surface area (Å²) in [6, 6.07) is 9.86. The molecule has 0 spiro atoms. The smallest absolute Gasteiger partial charge is 0.319 e. The quantitative estimate of drug-likeness (QED) is 0.572. The van der Waals surface area contributed by atoms with Gasteiger partial charge in [-0.15, -0.1) is 11.3 Å². The molecule has 2 heterocycles. The van der Waals surface area contributed by atoms with Crippen LogP contribution in [-0.2, 0) is 0 Å². The van der Waals surface area contributed by atoms with E-state index < -0.39 is 4.92 Å². The van der Waals surface area contributed by atoms with Crippen molar-refractivity contribution in [3.63, 3.8) is 0 Å². The second-order valence-electron chi connectivity index (χ2n) is 6.89. The lowest BCUT2D eigenvalue weighted by atomic mass is 9.97. The van der Waals surface area contributed by atoms with E-state index in [9.17, 15) is 14.9 Å². The van der Waals surface area contributed by atoms with Crippen LogP contribution in [0, 0.1) is 16.0 Å². The Labute approximate surface area is 162 Å². The summed E-state index contributed by atoms with van der Waals surface area (Å²) in [5.74, 6) is 0.746. The van der Waals surface area contributed by atoms with E-state index in [1.807, 2.05) is 6.07 Å². The Hall–Kier alpha value is -2.45. The van der Waals surface area contributed by atoms with Gasteiger partial charge in [-0.25, -0.2) is 4.79 Å². The van der Waals surface area contributed by atoms with Gasteiger partial charge in [0, 0.05) is 29.2 Å². The van der Waals surface area contributed by atoms with Crippen LogP contribution in [0.2, 0.25) is 0 Å². The number of piperidine rings is 1. The van der Waals surface area contributed by atoms with Crippen LogP contribution < -0.4 is 10.6 Å². The molecule has 0 saturated carbocycles. The number of carbonyl (C=O) groups excluding carboxylic acids is 1. The van der Waals surface area contributed by atoms with Gasteiger partial charge in [-0.2, -0.15) is 0 Å². The molecule has 1 atom stereocenters. The Balaban J connectivity index is 1.60. The van der Waals surface area contributed by atoms with Crippen molar-refractivity contribution in [2.45, 2.75) is 25.8 Å². The van der Waals surface area contributed by atoms with E-state index in [1.54, 1.807) is 23.5 Å². The molecule has 0 radical (unpaired) electrons. The number of nitro groups is 1. The summed E-state index contributed by atoms with van der Waals surface area (Å²) in [7, 11) is 0. The van der Waals surface area contributed by atoms with E-state index >= 15 is 0 Å². The van der Waals surface area contributed by atoms with E-state index in [1.165, 1.54) is 29.9 Å². The number of urea groups is 1.